The van der Waals surface area contributed by atoms with Crippen LogP contribution in [-0.2, 0) is 24.3 Å². The minimum atomic E-state index is -0.704. The first-order valence-corrected chi connectivity index (χ1v) is 11.0. The summed E-state index contributed by atoms with van der Waals surface area (Å²) < 4.78 is 21.7. The molecule has 0 saturated carbocycles. The van der Waals surface area contributed by atoms with Gasteiger partial charge in [0.15, 0.2) is 5.76 Å². The number of nitrogens with one attached hydrogen (secondary N) is 1. The van der Waals surface area contributed by atoms with Crippen molar-refractivity contribution >= 4 is 11.8 Å². The van der Waals surface area contributed by atoms with E-state index in [9.17, 15) is 14.0 Å². The number of furan rings is 1. The molecule has 0 radical (unpaired) electrons. The first kappa shape index (κ1) is 21.6. The molecular formula is C26H23FN4O3. The maximum absolute atomic E-state index is 14.7. The number of fused-ring (bicyclic) bond motifs is 1. The lowest BCUT2D eigenvalue weighted by Crippen LogP contribution is -2.52. The SMILES string of the molecule is Cc1nccn1-c1ccc(CNC(=O)C2Cc3ccccc3CN2C(=O)c2ccco2)cc1F. The Hall–Kier alpha value is -4.20. The van der Waals surface area contributed by atoms with Crippen LogP contribution in [0.25, 0.3) is 5.69 Å². The highest BCUT2D eigenvalue weighted by Crippen LogP contribution is 2.25. The molecule has 7 nitrogen and oxygen atoms in total. The number of aryl methyl sites for hydroxylation is 1. The van der Waals surface area contributed by atoms with E-state index in [1.165, 1.54) is 17.2 Å². The number of imidazole rings is 1. The third kappa shape index (κ3) is 4.10. The number of hydrogen-bond donors (Lipinski definition) is 1. The summed E-state index contributed by atoms with van der Waals surface area (Å²) in [6.07, 6.45) is 5.13. The number of benzene rings is 2. The Labute approximate surface area is 195 Å². The Balaban J connectivity index is 1.34. The Bertz CT molecular complexity index is 1350. The molecule has 0 bridgehead atoms. The molecule has 3 heterocycles. The van der Waals surface area contributed by atoms with Gasteiger partial charge in [0.2, 0.25) is 5.91 Å². The third-order valence-corrected chi connectivity index (χ3v) is 6.11. The summed E-state index contributed by atoms with van der Waals surface area (Å²) in [6, 6.07) is 15.1. The molecule has 1 aliphatic heterocycles. The number of rotatable bonds is 5. The molecule has 1 aliphatic rings. The number of nitrogens with zero attached hydrogens (tertiary/aromatic N) is 3. The first-order chi connectivity index (χ1) is 16.5. The van der Waals surface area contributed by atoms with Gasteiger partial charge in [-0.05, 0) is 47.9 Å². The highest BCUT2D eigenvalue weighted by atomic mass is 19.1. The fraction of sp³-hybridized carbons (Fsp3) is 0.192. The van der Waals surface area contributed by atoms with Crippen LogP contribution < -0.4 is 5.32 Å². The van der Waals surface area contributed by atoms with Crippen molar-refractivity contribution in [1.82, 2.24) is 19.8 Å². The molecule has 2 aromatic heterocycles. The molecule has 2 aromatic carbocycles. The number of aromatic nitrogens is 2. The summed E-state index contributed by atoms with van der Waals surface area (Å²) in [5.41, 5.74) is 3.04. The second-order valence-electron chi connectivity index (χ2n) is 8.25. The third-order valence-electron chi connectivity index (χ3n) is 6.11. The predicted octanol–water partition coefficient (Wildman–Crippen LogP) is 3.80. The van der Waals surface area contributed by atoms with Crippen LogP contribution in [-0.4, -0.2) is 32.3 Å². The van der Waals surface area contributed by atoms with E-state index in [1.54, 1.807) is 48.1 Å². The molecule has 5 rings (SSSR count). The molecule has 2 amide bonds. The van der Waals surface area contributed by atoms with E-state index in [0.29, 0.717) is 30.0 Å². The molecule has 1 atom stereocenters. The normalized spacial score (nSPS) is 15.1. The molecule has 8 heteroatoms. The summed E-state index contributed by atoms with van der Waals surface area (Å²) in [5, 5.41) is 2.87. The van der Waals surface area contributed by atoms with Crippen molar-refractivity contribution in [2.75, 3.05) is 0 Å². The van der Waals surface area contributed by atoms with Crippen molar-refractivity contribution in [3.63, 3.8) is 0 Å². The number of carbonyl (C=O) groups is 2. The fourth-order valence-corrected chi connectivity index (χ4v) is 4.31. The Kier molecular flexibility index (Phi) is 5.71. The average Bonchev–Trinajstić information content (AvgIpc) is 3.53. The minimum Gasteiger partial charge on any atom is -0.459 e. The molecule has 0 saturated heterocycles. The van der Waals surface area contributed by atoms with Gasteiger partial charge in [0.25, 0.3) is 5.91 Å². The maximum Gasteiger partial charge on any atom is 0.290 e. The summed E-state index contributed by atoms with van der Waals surface area (Å²) in [6.45, 7) is 2.24. The zero-order valence-electron chi connectivity index (χ0n) is 18.6. The molecule has 172 valence electrons. The second kappa shape index (κ2) is 8.97. The Morgan fingerprint density at radius 3 is 2.68 bits per heavy atom. The van der Waals surface area contributed by atoms with Crippen LogP contribution in [0.4, 0.5) is 4.39 Å². The summed E-state index contributed by atoms with van der Waals surface area (Å²) >= 11 is 0. The molecule has 0 aliphatic carbocycles. The zero-order chi connectivity index (χ0) is 23.7. The zero-order valence-corrected chi connectivity index (χ0v) is 18.6. The van der Waals surface area contributed by atoms with E-state index in [-0.39, 0.29) is 24.1 Å². The summed E-state index contributed by atoms with van der Waals surface area (Å²) in [5.74, 6) is -0.187. The maximum atomic E-state index is 14.7. The molecule has 0 spiro atoms. The minimum absolute atomic E-state index is 0.139. The van der Waals surface area contributed by atoms with E-state index in [4.69, 9.17) is 4.42 Å². The van der Waals surface area contributed by atoms with Gasteiger partial charge in [-0.25, -0.2) is 9.37 Å². The molecular weight excluding hydrogens is 435 g/mol. The lowest BCUT2D eigenvalue weighted by atomic mass is 9.93. The summed E-state index contributed by atoms with van der Waals surface area (Å²) in [7, 11) is 0. The highest BCUT2D eigenvalue weighted by molar-refractivity contribution is 5.96. The van der Waals surface area contributed by atoms with Gasteiger partial charge in [-0.3, -0.25) is 9.59 Å². The quantitative estimate of drug-likeness (QED) is 0.493. The number of carbonyl (C=O) groups excluding carboxylic acids is 2. The van der Waals surface area contributed by atoms with Gasteiger partial charge in [-0.2, -0.15) is 0 Å². The lowest BCUT2D eigenvalue weighted by molar-refractivity contribution is -0.126. The monoisotopic (exact) mass is 458 g/mol. The molecule has 0 fully saturated rings. The van der Waals surface area contributed by atoms with Gasteiger partial charge in [0.1, 0.15) is 17.7 Å². The van der Waals surface area contributed by atoms with E-state index in [2.05, 4.69) is 10.3 Å². The Morgan fingerprint density at radius 1 is 1.15 bits per heavy atom. The van der Waals surface area contributed by atoms with Crippen molar-refractivity contribution in [3.8, 4) is 5.69 Å². The van der Waals surface area contributed by atoms with Crippen LogP contribution in [0.5, 0.6) is 0 Å². The van der Waals surface area contributed by atoms with E-state index in [0.717, 1.165) is 11.1 Å². The largest absolute Gasteiger partial charge is 0.459 e. The first-order valence-electron chi connectivity index (χ1n) is 11.0. The fourth-order valence-electron chi connectivity index (χ4n) is 4.31. The molecule has 34 heavy (non-hydrogen) atoms. The van der Waals surface area contributed by atoms with Crippen molar-refractivity contribution in [2.45, 2.75) is 32.5 Å². The number of halogens is 1. The van der Waals surface area contributed by atoms with Crippen LogP contribution in [0.2, 0.25) is 0 Å². The van der Waals surface area contributed by atoms with Gasteiger partial charge in [0.05, 0.1) is 12.0 Å². The van der Waals surface area contributed by atoms with Gasteiger partial charge in [-0.15, -0.1) is 0 Å². The topological polar surface area (TPSA) is 80.4 Å². The molecule has 1 unspecified atom stereocenters. The van der Waals surface area contributed by atoms with Crippen LogP contribution in [0.3, 0.4) is 0 Å². The molecule has 4 aromatic rings. The van der Waals surface area contributed by atoms with Crippen LogP contribution >= 0.6 is 0 Å². The van der Waals surface area contributed by atoms with Crippen LogP contribution in [0, 0.1) is 12.7 Å². The van der Waals surface area contributed by atoms with E-state index >= 15 is 0 Å². The standard InChI is InChI=1S/C26H23FN4O3/c1-17-28-10-11-30(17)22-9-8-18(13-21(22)27)15-29-25(32)23-14-19-5-2-3-6-20(19)16-31(23)26(33)24-7-4-12-34-24/h2-13,23H,14-16H2,1H3,(H,29,32). The van der Waals surface area contributed by atoms with E-state index in [1.807, 2.05) is 24.3 Å². The average molecular weight is 458 g/mol. The lowest BCUT2D eigenvalue weighted by Gasteiger charge is -2.35. The molecule has 1 N–H and O–H groups in total. The van der Waals surface area contributed by atoms with Gasteiger partial charge >= 0.3 is 0 Å². The van der Waals surface area contributed by atoms with Crippen molar-refractivity contribution < 1.29 is 18.4 Å². The van der Waals surface area contributed by atoms with Gasteiger partial charge < -0.3 is 19.2 Å². The van der Waals surface area contributed by atoms with Crippen LogP contribution in [0.1, 0.15) is 33.1 Å². The van der Waals surface area contributed by atoms with Crippen molar-refractivity contribution in [2.24, 2.45) is 0 Å². The number of amides is 2. The van der Waals surface area contributed by atoms with Gasteiger partial charge in [-0.1, -0.05) is 30.3 Å². The summed E-state index contributed by atoms with van der Waals surface area (Å²) in [4.78, 5) is 31.9. The number of hydrogen-bond acceptors (Lipinski definition) is 4. The predicted molar refractivity (Wildman–Crippen MR) is 123 cm³/mol. The Morgan fingerprint density at radius 2 is 1.97 bits per heavy atom. The van der Waals surface area contributed by atoms with Crippen molar-refractivity contribution in [1.29, 1.82) is 0 Å². The second-order valence-corrected chi connectivity index (χ2v) is 8.25. The van der Waals surface area contributed by atoms with Gasteiger partial charge in [0, 0.05) is 31.9 Å². The van der Waals surface area contributed by atoms with Crippen LogP contribution in [0.15, 0.2) is 77.7 Å². The van der Waals surface area contributed by atoms with Crippen molar-refractivity contribution in [3.05, 3.63) is 107 Å². The smallest absolute Gasteiger partial charge is 0.290 e. The highest BCUT2D eigenvalue weighted by Gasteiger charge is 2.35. The van der Waals surface area contributed by atoms with E-state index < -0.39 is 11.9 Å².